The van der Waals surface area contributed by atoms with Crippen molar-refractivity contribution < 1.29 is 29.9 Å². The van der Waals surface area contributed by atoms with Crippen LogP contribution in [-0.4, -0.2) is 63.9 Å². The second-order valence-corrected chi connectivity index (χ2v) is 4.89. The van der Waals surface area contributed by atoms with Crippen molar-refractivity contribution in [1.82, 2.24) is 4.90 Å². The third kappa shape index (κ3) is 4.81. The summed E-state index contributed by atoms with van der Waals surface area (Å²) in [7, 11) is -1.38. The van der Waals surface area contributed by atoms with Crippen LogP contribution in [0.2, 0.25) is 6.32 Å². The van der Waals surface area contributed by atoms with Gasteiger partial charge < -0.3 is 25.2 Å². The molecule has 1 heterocycles. The molecule has 0 aromatic heterocycles. The Morgan fingerprint density at radius 2 is 1.95 bits per heavy atom. The number of carboxylic acids is 1. The molecule has 1 aliphatic rings. The summed E-state index contributed by atoms with van der Waals surface area (Å²) in [5, 5.41) is 35.4. The summed E-state index contributed by atoms with van der Waals surface area (Å²) in [6.45, 7) is 0.284. The predicted molar refractivity (Wildman–Crippen MR) is 67.1 cm³/mol. The number of aliphatic hydroxyl groups excluding tert-OH is 1. The quantitative estimate of drug-likeness (QED) is 0.432. The van der Waals surface area contributed by atoms with Gasteiger partial charge in [-0.2, -0.15) is 0 Å². The molecule has 0 aromatic carbocycles. The van der Waals surface area contributed by atoms with Crippen LogP contribution in [0.15, 0.2) is 0 Å². The van der Waals surface area contributed by atoms with E-state index in [-0.39, 0.29) is 37.7 Å². The summed E-state index contributed by atoms with van der Waals surface area (Å²) in [4.78, 5) is 24.3. The minimum atomic E-state index is -1.38. The van der Waals surface area contributed by atoms with Crippen molar-refractivity contribution >= 4 is 19.0 Å². The van der Waals surface area contributed by atoms with Gasteiger partial charge in [0, 0.05) is 19.5 Å². The van der Waals surface area contributed by atoms with Crippen LogP contribution in [0.25, 0.3) is 0 Å². The molecule has 0 radical (unpaired) electrons. The van der Waals surface area contributed by atoms with Gasteiger partial charge in [0.25, 0.3) is 0 Å². The van der Waals surface area contributed by atoms with E-state index in [9.17, 15) is 9.59 Å². The van der Waals surface area contributed by atoms with Gasteiger partial charge in [-0.25, -0.2) is 0 Å². The lowest BCUT2D eigenvalue weighted by molar-refractivity contribution is -0.142. The molecular formula is C11H20BNO6. The molecule has 4 N–H and O–H groups in total. The number of aliphatic hydroxyl groups is 1. The summed E-state index contributed by atoms with van der Waals surface area (Å²) >= 11 is 0. The minimum Gasteiger partial charge on any atom is -0.481 e. The molecule has 108 valence electrons. The SMILES string of the molecule is O=C(O)[C@@H]1CN(C(=O)CCO)CC1CCCB(O)O. The molecule has 2 atom stereocenters. The van der Waals surface area contributed by atoms with Gasteiger partial charge in [0.05, 0.1) is 12.5 Å². The zero-order chi connectivity index (χ0) is 14.4. The van der Waals surface area contributed by atoms with E-state index < -0.39 is 19.0 Å². The molecular weight excluding hydrogens is 253 g/mol. The lowest BCUT2D eigenvalue weighted by atomic mass is 9.80. The highest BCUT2D eigenvalue weighted by Gasteiger charge is 2.38. The second kappa shape index (κ2) is 7.47. The van der Waals surface area contributed by atoms with Crippen LogP contribution in [0.5, 0.6) is 0 Å². The Morgan fingerprint density at radius 1 is 1.26 bits per heavy atom. The average Bonchev–Trinajstić information content (AvgIpc) is 2.73. The second-order valence-electron chi connectivity index (χ2n) is 4.89. The predicted octanol–water partition coefficient (Wildman–Crippen LogP) is -1.22. The van der Waals surface area contributed by atoms with E-state index in [0.29, 0.717) is 19.4 Å². The molecule has 1 fully saturated rings. The van der Waals surface area contributed by atoms with Crippen molar-refractivity contribution in [3.63, 3.8) is 0 Å². The largest absolute Gasteiger partial charge is 0.481 e. The Balaban J connectivity index is 2.53. The number of carbonyl (C=O) groups excluding carboxylic acids is 1. The molecule has 7 nitrogen and oxygen atoms in total. The number of likely N-dealkylation sites (tertiary alicyclic amines) is 1. The number of hydrogen-bond acceptors (Lipinski definition) is 5. The molecule has 1 saturated heterocycles. The van der Waals surface area contributed by atoms with Gasteiger partial charge in [0.1, 0.15) is 0 Å². The first-order valence-electron chi connectivity index (χ1n) is 6.43. The van der Waals surface area contributed by atoms with E-state index in [1.165, 1.54) is 4.90 Å². The van der Waals surface area contributed by atoms with Gasteiger partial charge in [-0.3, -0.25) is 9.59 Å². The maximum absolute atomic E-state index is 11.6. The van der Waals surface area contributed by atoms with Crippen LogP contribution in [0.1, 0.15) is 19.3 Å². The molecule has 1 amide bonds. The van der Waals surface area contributed by atoms with Crippen LogP contribution >= 0.6 is 0 Å². The number of nitrogens with zero attached hydrogens (tertiary/aromatic N) is 1. The summed E-state index contributed by atoms with van der Waals surface area (Å²) in [5.74, 6) is -1.95. The fraction of sp³-hybridized carbons (Fsp3) is 0.818. The van der Waals surface area contributed by atoms with E-state index in [0.717, 1.165) is 0 Å². The number of carboxylic acid groups (broad SMARTS) is 1. The molecule has 1 rings (SSSR count). The summed E-state index contributed by atoms with van der Waals surface area (Å²) in [6, 6.07) is 0. The van der Waals surface area contributed by atoms with Crippen molar-refractivity contribution in [3.8, 4) is 0 Å². The summed E-state index contributed by atoms with van der Waals surface area (Å²) in [5.41, 5.74) is 0. The maximum atomic E-state index is 11.6. The highest BCUT2D eigenvalue weighted by molar-refractivity contribution is 6.40. The van der Waals surface area contributed by atoms with E-state index in [2.05, 4.69) is 0 Å². The summed E-state index contributed by atoms with van der Waals surface area (Å²) in [6.07, 6.45) is 1.26. The van der Waals surface area contributed by atoms with Crippen LogP contribution in [-0.2, 0) is 9.59 Å². The first kappa shape index (κ1) is 15.9. The molecule has 0 saturated carbocycles. The van der Waals surface area contributed by atoms with Crippen molar-refractivity contribution in [2.45, 2.75) is 25.6 Å². The van der Waals surface area contributed by atoms with Gasteiger partial charge in [-0.05, 0) is 18.7 Å². The van der Waals surface area contributed by atoms with E-state index in [4.69, 9.17) is 20.3 Å². The highest BCUT2D eigenvalue weighted by atomic mass is 16.4. The van der Waals surface area contributed by atoms with Gasteiger partial charge in [-0.1, -0.05) is 6.42 Å². The van der Waals surface area contributed by atoms with Gasteiger partial charge in [0.15, 0.2) is 0 Å². The third-order valence-corrected chi connectivity index (χ3v) is 3.47. The fourth-order valence-corrected chi connectivity index (χ4v) is 2.46. The smallest absolute Gasteiger partial charge is 0.451 e. The average molecular weight is 273 g/mol. The number of carbonyl (C=O) groups is 2. The van der Waals surface area contributed by atoms with Gasteiger partial charge in [-0.15, -0.1) is 0 Å². The molecule has 19 heavy (non-hydrogen) atoms. The van der Waals surface area contributed by atoms with Crippen molar-refractivity contribution in [1.29, 1.82) is 0 Å². The number of hydrogen-bond donors (Lipinski definition) is 4. The van der Waals surface area contributed by atoms with Crippen LogP contribution in [0, 0.1) is 11.8 Å². The Labute approximate surface area is 112 Å². The van der Waals surface area contributed by atoms with Crippen LogP contribution < -0.4 is 0 Å². The van der Waals surface area contributed by atoms with E-state index in [1.54, 1.807) is 0 Å². The first-order chi connectivity index (χ1) is 8.95. The molecule has 0 bridgehead atoms. The monoisotopic (exact) mass is 273 g/mol. The third-order valence-electron chi connectivity index (χ3n) is 3.47. The molecule has 0 aromatic rings. The van der Waals surface area contributed by atoms with Crippen molar-refractivity contribution in [3.05, 3.63) is 0 Å². The van der Waals surface area contributed by atoms with Gasteiger partial charge in [0.2, 0.25) is 5.91 Å². The normalized spacial score (nSPS) is 22.6. The van der Waals surface area contributed by atoms with Crippen molar-refractivity contribution in [2.75, 3.05) is 19.7 Å². The Kier molecular flexibility index (Phi) is 6.27. The fourth-order valence-electron chi connectivity index (χ4n) is 2.46. The molecule has 8 heteroatoms. The molecule has 1 aliphatic heterocycles. The Bertz CT molecular complexity index is 324. The zero-order valence-corrected chi connectivity index (χ0v) is 10.7. The molecule has 1 unspecified atom stereocenters. The topological polar surface area (TPSA) is 118 Å². The van der Waals surface area contributed by atoms with Crippen LogP contribution in [0.4, 0.5) is 0 Å². The zero-order valence-electron chi connectivity index (χ0n) is 10.7. The number of rotatable bonds is 7. The van der Waals surface area contributed by atoms with Gasteiger partial charge >= 0.3 is 13.1 Å². The molecule has 0 spiro atoms. The molecule has 0 aliphatic carbocycles. The van der Waals surface area contributed by atoms with E-state index >= 15 is 0 Å². The minimum absolute atomic E-state index is 0.00835. The number of aliphatic carboxylic acids is 1. The van der Waals surface area contributed by atoms with Crippen molar-refractivity contribution in [2.24, 2.45) is 11.8 Å². The first-order valence-corrected chi connectivity index (χ1v) is 6.43. The summed E-state index contributed by atoms with van der Waals surface area (Å²) < 4.78 is 0. The maximum Gasteiger partial charge on any atom is 0.451 e. The standard InChI is InChI=1S/C11H20BNO6/c14-5-3-10(15)13-6-8(2-1-4-12(18)19)9(7-13)11(16)17/h8-9,14,18-19H,1-7H2,(H,16,17)/t8?,9-/m1/s1. The van der Waals surface area contributed by atoms with Crippen LogP contribution in [0.3, 0.4) is 0 Å². The highest BCUT2D eigenvalue weighted by Crippen LogP contribution is 2.28. The lowest BCUT2D eigenvalue weighted by Crippen LogP contribution is -2.30. The Hall–Kier alpha value is -1.12. The lowest BCUT2D eigenvalue weighted by Gasteiger charge is -2.15. The Morgan fingerprint density at radius 3 is 2.47 bits per heavy atom. The van der Waals surface area contributed by atoms with E-state index in [1.807, 2.05) is 0 Å². The number of amides is 1.